The highest BCUT2D eigenvalue weighted by atomic mass is 16.3. The lowest BCUT2D eigenvalue weighted by atomic mass is 9.78. The zero-order valence-corrected chi connectivity index (χ0v) is 39.2. The molecular formula is C67H44N2O2. The maximum absolute atomic E-state index is 6.73. The number of hydrogen-bond acceptors (Lipinski definition) is 4. The van der Waals surface area contributed by atoms with Crippen molar-refractivity contribution in [2.24, 2.45) is 0 Å². The molecule has 0 unspecified atom stereocenters. The highest BCUT2D eigenvalue weighted by molar-refractivity contribution is 6.14. The summed E-state index contributed by atoms with van der Waals surface area (Å²) in [4.78, 5) is 4.78. The fourth-order valence-corrected chi connectivity index (χ4v) is 12.3. The molecule has 0 fully saturated rings. The Hall–Kier alpha value is -9.12. The van der Waals surface area contributed by atoms with Gasteiger partial charge in [0.2, 0.25) is 0 Å². The average Bonchev–Trinajstić information content (AvgIpc) is 4.07. The second-order valence-electron chi connectivity index (χ2n) is 19.6. The van der Waals surface area contributed by atoms with Crippen molar-refractivity contribution in [1.29, 1.82) is 0 Å². The van der Waals surface area contributed by atoms with E-state index in [9.17, 15) is 0 Å². The molecule has 0 amide bonds. The van der Waals surface area contributed by atoms with Gasteiger partial charge in [0.15, 0.2) is 11.2 Å². The van der Waals surface area contributed by atoms with Gasteiger partial charge < -0.3 is 18.6 Å². The number of rotatable bonds is 6. The first-order valence-corrected chi connectivity index (χ1v) is 24.5. The van der Waals surface area contributed by atoms with Crippen LogP contribution in [-0.2, 0) is 5.41 Å². The molecule has 4 nitrogen and oxygen atoms in total. The van der Waals surface area contributed by atoms with Crippen LogP contribution < -0.4 is 9.80 Å². The molecule has 334 valence electrons. The predicted octanol–water partition coefficient (Wildman–Crippen LogP) is 19.3. The molecule has 2 aromatic heterocycles. The van der Waals surface area contributed by atoms with Crippen molar-refractivity contribution < 1.29 is 8.83 Å². The number of hydrogen-bond donors (Lipinski definition) is 0. The molecule has 0 saturated carbocycles. The van der Waals surface area contributed by atoms with Crippen molar-refractivity contribution in [3.8, 4) is 11.1 Å². The van der Waals surface area contributed by atoms with E-state index in [1.807, 2.05) is 12.1 Å². The van der Waals surface area contributed by atoms with Crippen molar-refractivity contribution >= 4 is 121 Å². The molecule has 0 aliphatic heterocycles. The molecule has 0 spiro atoms. The summed E-state index contributed by atoms with van der Waals surface area (Å²) in [5.74, 6) is 0. The predicted molar refractivity (Wildman–Crippen MR) is 298 cm³/mol. The van der Waals surface area contributed by atoms with Crippen LogP contribution in [0, 0.1) is 0 Å². The Morgan fingerprint density at radius 1 is 0.296 bits per heavy atom. The lowest BCUT2D eigenvalue weighted by molar-refractivity contribution is 0.669. The van der Waals surface area contributed by atoms with Crippen LogP contribution in [0.1, 0.15) is 25.0 Å². The Morgan fingerprint density at radius 3 is 1.15 bits per heavy atom. The smallest absolute Gasteiger partial charge is 0.159 e. The largest absolute Gasteiger partial charge is 0.454 e. The van der Waals surface area contributed by atoms with Gasteiger partial charge in [0.05, 0.1) is 22.7 Å². The van der Waals surface area contributed by atoms with E-state index in [1.165, 1.54) is 65.3 Å². The first-order valence-electron chi connectivity index (χ1n) is 24.5. The lowest BCUT2D eigenvalue weighted by Gasteiger charge is -2.29. The third kappa shape index (κ3) is 5.79. The van der Waals surface area contributed by atoms with E-state index in [4.69, 9.17) is 8.83 Å². The van der Waals surface area contributed by atoms with Gasteiger partial charge in [-0.15, -0.1) is 0 Å². The zero-order valence-electron chi connectivity index (χ0n) is 39.2. The van der Waals surface area contributed by atoms with Crippen LogP contribution in [0.25, 0.3) is 98.1 Å². The molecule has 0 radical (unpaired) electrons. The SMILES string of the molecule is CC1(C)c2c(ccc3cc(N(c4cccc5ccccc45)c4cccc5c4oc4ccccc45)ccc23)-c2ccc3cc(N(c4cccc5ccccc45)c4cccc5c4oc4ccccc45)ccc3c21. The summed E-state index contributed by atoms with van der Waals surface area (Å²) in [5.41, 5.74) is 14.9. The molecule has 0 atom stereocenters. The van der Waals surface area contributed by atoms with E-state index < -0.39 is 0 Å². The molecular weight excluding hydrogens is 865 g/mol. The third-order valence-electron chi connectivity index (χ3n) is 15.3. The standard InChI is InChI=1S/C67H44N2O2/c1-67(2)63-49-37-33-45(68(57-25-11-17-41-15-3-5-19-47(41)57)59-27-13-23-55-51-21-7-9-29-61(51)70-65(55)59)39-43(49)31-35-53(63)54-36-32-44-40-46(34-38-50(44)64(54)67)69(58-26-12-18-42-16-4-6-20-48(42)58)60-28-14-24-56-52-22-8-10-30-62(52)71-66(56)60/h3-40H,1-2H3. The Bertz CT molecular complexity index is 4240. The highest BCUT2D eigenvalue weighted by Gasteiger charge is 2.38. The van der Waals surface area contributed by atoms with Crippen molar-refractivity contribution in [2.75, 3.05) is 9.80 Å². The molecule has 14 aromatic rings. The van der Waals surface area contributed by atoms with Gasteiger partial charge in [-0.05, 0) is 115 Å². The fraction of sp³-hybridized carbons (Fsp3) is 0.0448. The minimum atomic E-state index is -0.295. The minimum Gasteiger partial charge on any atom is -0.454 e. The summed E-state index contributed by atoms with van der Waals surface area (Å²) in [5, 5.41) is 14.1. The Balaban J connectivity index is 0.884. The molecule has 4 heteroatoms. The molecule has 0 N–H and O–H groups in total. The molecule has 0 bridgehead atoms. The summed E-state index contributed by atoms with van der Waals surface area (Å²) in [6.07, 6.45) is 0. The number of nitrogens with zero attached hydrogens (tertiary/aromatic N) is 2. The topological polar surface area (TPSA) is 32.8 Å². The van der Waals surface area contributed by atoms with E-state index in [0.29, 0.717) is 0 Å². The zero-order chi connectivity index (χ0) is 47.0. The average molecular weight is 909 g/mol. The quantitative estimate of drug-likeness (QED) is 0.166. The van der Waals surface area contributed by atoms with Gasteiger partial charge in [0, 0.05) is 49.1 Å². The first-order chi connectivity index (χ1) is 35.0. The van der Waals surface area contributed by atoms with Gasteiger partial charge in [-0.3, -0.25) is 0 Å². The van der Waals surface area contributed by atoms with Gasteiger partial charge in [0.1, 0.15) is 11.2 Å². The van der Waals surface area contributed by atoms with Gasteiger partial charge in [-0.2, -0.15) is 0 Å². The summed E-state index contributed by atoms with van der Waals surface area (Å²) in [7, 11) is 0. The Kier molecular flexibility index (Phi) is 8.38. The second kappa shape index (κ2) is 14.9. The Morgan fingerprint density at radius 2 is 0.676 bits per heavy atom. The fourth-order valence-electron chi connectivity index (χ4n) is 12.3. The van der Waals surface area contributed by atoms with Crippen molar-refractivity contribution in [1.82, 2.24) is 0 Å². The molecule has 2 heterocycles. The molecule has 15 rings (SSSR count). The van der Waals surface area contributed by atoms with Gasteiger partial charge >= 0.3 is 0 Å². The molecule has 12 aromatic carbocycles. The minimum absolute atomic E-state index is 0.295. The number of anilines is 6. The van der Waals surface area contributed by atoms with Gasteiger partial charge in [-0.1, -0.05) is 184 Å². The van der Waals surface area contributed by atoms with Gasteiger partial charge in [0.25, 0.3) is 0 Å². The van der Waals surface area contributed by atoms with E-state index in [0.717, 1.165) is 78.0 Å². The normalized spacial score (nSPS) is 13.0. The monoisotopic (exact) mass is 908 g/mol. The number of fused-ring (bicyclic) bond motifs is 15. The second-order valence-corrected chi connectivity index (χ2v) is 19.6. The molecule has 71 heavy (non-hydrogen) atoms. The van der Waals surface area contributed by atoms with Crippen molar-refractivity contribution in [2.45, 2.75) is 19.3 Å². The number of furan rings is 2. The Labute approximate surface area is 409 Å². The first kappa shape index (κ1) is 39.8. The highest BCUT2D eigenvalue weighted by Crippen LogP contribution is 2.55. The van der Waals surface area contributed by atoms with Crippen LogP contribution >= 0.6 is 0 Å². The van der Waals surface area contributed by atoms with Crippen LogP contribution in [-0.4, -0.2) is 0 Å². The van der Waals surface area contributed by atoms with E-state index in [2.05, 4.69) is 242 Å². The third-order valence-corrected chi connectivity index (χ3v) is 15.3. The van der Waals surface area contributed by atoms with Crippen LogP contribution in [0.2, 0.25) is 0 Å². The molecule has 1 aliphatic rings. The molecule has 0 saturated heterocycles. The summed E-state index contributed by atoms with van der Waals surface area (Å²) >= 11 is 0. The summed E-state index contributed by atoms with van der Waals surface area (Å²) < 4.78 is 13.5. The van der Waals surface area contributed by atoms with E-state index >= 15 is 0 Å². The van der Waals surface area contributed by atoms with Crippen LogP contribution in [0.4, 0.5) is 34.1 Å². The van der Waals surface area contributed by atoms with Crippen LogP contribution in [0.15, 0.2) is 239 Å². The van der Waals surface area contributed by atoms with E-state index in [-0.39, 0.29) is 5.41 Å². The van der Waals surface area contributed by atoms with Crippen molar-refractivity contribution in [3.05, 3.63) is 242 Å². The van der Waals surface area contributed by atoms with Crippen LogP contribution in [0.5, 0.6) is 0 Å². The summed E-state index contributed by atoms with van der Waals surface area (Å²) in [6, 6.07) is 83.6. The number of benzene rings is 12. The van der Waals surface area contributed by atoms with E-state index in [1.54, 1.807) is 0 Å². The number of para-hydroxylation sites is 4. The van der Waals surface area contributed by atoms with Crippen molar-refractivity contribution in [3.63, 3.8) is 0 Å². The maximum atomic E-state index is 6.73. The summed E-state index contributed by atoms with van der Waals surface area (Å²) in [6.45, 7) is 4.82. The molecule has 1 aliphatic carbocycles. The van der Waals surface area contributed by atoms with Crippen LogP contribution in [0.3, 0.4) is 0 Å². The maximum Gasteiger partial charge on any atom is 0.159 e. The van der Waals surface area contributed by atoms with Gasteiger partial charge in [-0.25, -0.2) is 0 Å². The lowest BCUT2D eigenvalue weighted by Crippen LogP contribution is -2.16.